The summed E-state index contributed by atoms with van der Waals surface area (Å²) in [7, 11) is 0. The van der Waals surface area contributed by atoms with Crippen molar-refractivity contribution >= 4 is 5.97 Å². The highest BCUT2D eigenvalue weighted by Gasteiger charge is 2.14. The van der Waals surface area contributed by atoms with Crippen LogP contribution in [0.15, 0.2) is 0 Å². The Labute approximate surface area is 209 Å². The summed E-state index contributed by atoms with van der Waals surface area (Å²) in [6, 6.07) is 0. The molecule has 0 fully saturated rings. The molecule has 2 heteroatoms. The van der Waals surface area contributed by atoms with Crippen molar-refractivity contribution in [1.29, 1.82) is 0 Å². The van der Waals surface area contributed by atoms with Crippen molar-refractivity contribution in [1.82, 2.24) is 0 Å². The SMILES string of the molecule is CCCCCCCCCCCCCCCOC(=O)CC(CCC)CCCCCCCCCC. The van der Waals surface area contributed by atoms with Crippen LogP contribution in [0.2, 0.25) is 0 Å². The van der Waals surface area contributed by atoms with Crippen molar-refractivity contribution in [2.24, 2.45) is 5.92 Å². The van der Waals surface area contributed by atoms with E-state index in [1.807, 2.05) is 0 Å². The van der Waals surface area contributed by atoms with Crippen LogP contribution in [0.3, 0.4) is 0 Å². The van der Waals surface area contributed by atoms with E-state index in [4.69, 9.17) is 4.74 Å². The summed E-state index contributed by atoms with van der Waals surface area (Å²) in [6.07, 6.45) is 32.7. The Bertz CT molecular complexity index is 379. The Morgan fingerprint density at radius 3 is 1.30 bits per heavy atom. The van der Waals surface area contributed by atoms with Crippen molar-refractivity contribution in [3.05, 3.63) is 0 Å². The number of esters is 1. The minimum Gasteiger partial charge on any atom is -0.466 e. The molecular formula is C31H62O2. The molecule has 0 rings (SSSR count). The van der Waals surface area contributed by atoms with Crippen LogP contribution in [-0.2, 0) is 9.53 Å². The molecule has 0 spiro atoms. The van der Waals surface area contributed by atoms with Crippen molar-refractivity contribution in [2.75, 3.05) is 6.61 Å². The van der Waals surface area contributed by atoms with Gasteiger partial charge in [-0.2, -0.15) is 0 Å². The molecule has 0 saturated heterocycles. The first kappa shape index (κ1) is 32.5. The monoisotopic (exact) mass is 466 g/mol. The second-order valence-electron chi connectivity index (χ2n) is 10.6. The van der Waals surface area contributed by atoms with E-state index in [1.165, 1.54) is 148 Å². The predicted octanol–water partition coefficient (Wildman–Crippen LogP) is 11.0. The molecule has 198 valence electrons. The lowest BCUT2D eigenvalue weighted by molar-refractivity contribution is -0.145. The van der Waals surface area contributed by atoms with Crippen molar-refractivity contribution in [2.45, 2.75) is 181 Å². The smallest absolute Gasteiger partial charge is 0.306 e. The summed E-state index contributed by atoms with van der Waals surface area (Å²) in [4.78, 5) is 12.3. The molecule has 0 aromatic rings. The molecule has 0 aliphatic heterocycles. The molecule has 0 saturated carbocycles. The predicted molar refractivity (Wildman–Crippen MR) is 147 cm³/mol. The van der Waals surface area contributed by atoms with Gasteiger partial charge in [0.1, 0.15) is 0 Å². The fourth-order valence-electron chi connectivity index (χ4n) is 4.92. The van der Waals surface area contributed by atoms with Crippen LogP contribution in [0.4, 0.5) is 0 Å². The maximum absolute atomic E-state index is 12.3. The molecule has 0 N–H and O–H groups in total. The van der Waals surface area contributed by atoms with Crippen LogP contribution in [0.1, 0.15) is 181 Å². The van der Waals surface area contributed by atoms with Gasteiger partial charge in [-0.3, -0.25) is 4.79 Å². The third-order valence-electron chi connectivity index (χ3n) is 7.13. The van der Waals surface area contributed by atoms with Gasteiger partial charge in [0.2, 0.25) is 0 Å². The first-order chi connectivity index (χ1) is 16.2. The van der Waals surface area contributed by atoms with Gasteiger partial charge in [-0.05, 0) is 18.8 Å². The maximum Gasteiger partial charge on any atom is 0.306 e. The van der Waals surface area contributed by atoms with E-state index < -0.39 is 0 Å². The zero-order valence-corrected chi connectivity index (χ0v) is 23.3. The van der Waals surface area contributed by atoms with E-state index in [2.05, 4.69) is 20.8 Å². The van der Waals surface area contributed by atoms with Gasteiger partial charge >= 0.3 is 5.97 Å². The number of carbonyl (C=O) groups is 1. The van der Waals surface area contributed by atoms with Gasteiger partial charge in [-0.25, -0.2) is 0 Å². The van der Waals surface area contributed by atoms with Gasteiger partial charge in [0.25, 0.3) is 0 Å². The molecular weight excluding hydrogens is 404 g/mol. The molecule has 1 atom stereocenters. The van der Waals surface area contributed by atoms with Crippen LogP contribution in [0.25, 0.3) is 0 Å². The van der Waals surface area contributed by atoms with Crippen LogP contribution >= 0.6 is 0 Å². The summed E-state index contributed by atoms with van der Waals surface area (Å²) >= 11 is 0. The standard InChI is InChI=1S/C31H62O2/c1-4-7-9-11-13-15-16-17-18-19-21-23-25-28-33-31(32)29-30(26-6-3)27-24-22-20-14-12-10-8-5-2/h30H,4-29H2,1-3H3. The van der Waals surface area contributed by atoms with Gasteiger partial charge in [-0.1, -0.05) is 162 Å². The highest BCUT2D eigenvalue weighted by molar-refractivity contribution is 5.69. The van der Waals surface area contributed by atoms with Gasteiger partial charge < -0.3 is 4.74 Å². The second-order valence-corrected chi connectivity index (χ2v) is 10.6. The Morgan fingerprint density at radius 2 is 0.879 bits per heavy atom. The molecule has 0 amide bonds. The zero-order valence-electron chi connectivity index (χ0n) is 23.3. The Kier molecular flexibility index (Phi) is 27.3. The van der Waals surface area contributed by atoms with E-state index >= 15 is 0 Å². The Balaban J connectivity index is 3.51. The van der Waals surface area contributed by atoms with E-state index in [0.717, 1.165) is 6.42 Å². The van der Waals surface area contributed by atoms with Crippen LogP contribution in [0, 0.1) is 5.92 Å². The number of rotatable bonds is 27. The topological polar surface area (TPSA) is 26.3 Å². The molecule has 0 aromatic heterocycles. The first-order valence-electron chi connectivity index (χ1n) is 15.4. The Morgan fingerprint density at radius 1 is 0.485 bits per heavy atom. The van der Waals surface area contributed by atoms with E-state index in [0.29, 0.717) is 18.9 Å². The van der Waals surface area contributed by atoms with Crippen molar-refractivity contribution in [3.8, 4) is 0 Å². The molecule has 0 radical (unpaired) electrons. The van der Waals surface area contributed by atoms with Crippen molar-refractivity contribution < 1.29 is 9.53 Å². The highest BCUT2D eigenvalue weighted by Crippen LogP contribution is 2.21. The van der Waals surface area contributed by atoms with E-state index in [1.54, 1.807) is 0 Å². The molecule has 0 heterocycles. The molecule has 0 aromatic carbocycles. The summed E-state index contributed by atoms with van der Waals surface area (Å²) in [5.74, 6) is 0.584. The molecule has 0 aliphatic carbocycles. The van der Waals surface area contributed by atoms with E-state index in [-0.39, 0.29) is 5.97 Å². The third-order valence-corrected chi connectivity index (χ3v) is 7.13. The lowest BCUT2D eigenvalue weighted by Gasteiger charge is -2.15. The molecule has 2 nitrogen and oxygen atoms in total. The third kappa shape index (κ3) is 25.9. The van der Waals surface area contributed by atoms with Crippen LogP contribution < -0.4 is 0 Å². The van der Waals surface area contributed by atoms with Gasteiger partial charge in [-0.15, -0.1) is 0 Å². The Hall–Kier alpha value is -0.530. The first-order valence-corrected chi connectivity index (χ1v) is 15.4. The number of carbonyl (C=O) groups excluding carboxylic acids is 1. The van der Waals surface area contributed by atoms with Crippen LogP contribution in [0.5, 0.6) is 0 Å². The quantitative estimate of drug-likeness (QED) is 0.0888. The minimum absolute atomic E-state index is 0.0481. The van der Waals surface area contributed by atoms with E-state index in [9.17, 15) is 4.79 Å². The highest BCUT2D eigenvalue weighted by atomic mass is 16.5. The van der Waals surface area contributed by atoms with Crippen molar-refractivity contribution in [3.63, 3.8) is 0 Å². The number of hydrogen-bond acceptors (Lipinski definition) is 2. The minimum atomic E-state index is 0.0481. The average molecular weight is 467 g/mol. The lowest BCUT2D eigenvalue weighted by Crippen LogP contribution is -2.12. The van der Waals surface area contributed by atoms with Gasteiger partial charge in [0, 0.05) is 6.42 Å². The second kappa shape index (κ2) is 27.7. The summed E-state index contributed by atoms with van der Waals surface area (Å²) in [6.45, 7) is 7.43. The number of ether oxygens (including phenoxy) is 1. The summed E-state index contributed by atoms with van der Waals surface area (Å²) in [5.41, 5.74) is 0. The number of hydrogen-bond donors (Lipinski definition) is 0. The molecule has 33 heavy (non-hydrogen) atoms. The molecule has 0 bridgehead atoms. The number of unbranched alkanes of at least 4 members (excludes halogenated alkanes) is 19. The summed E-state index contributed by atoms with van der Waals surface area (Å²) in [5, 5.41) is 0. The normalized spacial score (nSPS) is 12.2. The van der Waals surface area contributed by atoms with Gasteiger partial charge in [0.15, 0.2) is 0 Å². The fourth-order valence-corrected chi connectivity index (χ4v) is 4.92. The fraction of sp³-hybridized carbons (Fsp3) is 0.968. The van der Waals surface area contributed by atoms with Crippen LogP contribution in [-0.4, -0.2) is 12.6 Å². The summed E-state index contributed by atoms with van der Waals surface area (Å²) < 4.78 is 5.56. The maximum atomic E-state index is 12.3. The zero-order chi connectivity index (χ0) is 24.2. The van der Waals surface area contributed by atoms with Gasteiger partial charge in [0.05, 0.1) is 6.61 Å². The molecule has 0 aliphatic rings. The largest absolute Gasteiger partial charge is 0.466 e. The molecule has 1 unspecified atom stereocenters. The lowest BCUT2D eigenvalue weighted by atomic mass is 9.93. The average Bonchev–Trinajstić information content (AvgIpc) is 2.81.